The predicted molar refractivity (Wildman–Crippen MR) is 56.4 cm³/mol. The molecular formula is C9H14N2OS. The Bertz CT molecular complexity index is 346. The minimum absolute atomic E-state index is 0.0642. The SMILES string of the molecule is Cc1ncn(CCCS)c(=O)c1C. The molecule has 72 valence electrons. The molecule has 0 unspecified atom stereocenters. The predicted octanol–water partition coefficient (Wildman–Crippen LogP) is 1.18. The van der Waals surface area contributed by atoms with Gasteiger partial charge in [0.25, 0.3) is 5.56 Å². The van der Waals surface area contributed by atoms with Crippen LogP contribution in [0.1, 0.15) is 17.7 Å². The molecule has 1 rings (SSSR count). The Morgan fingerprint density at radius 3 is 2.85 bits per heavy atom. The number of aryl methyl sites for hydroxylation is 2. The van der Waals surface area contributed by atoms with E-state index in [0.717, 1.165) is 23.4 Å². The van der Waals surface area contributed by atoms with Crippen LogP contribution in [0.5, 0.6) is 0 Å². The highest BCUT2D eigenvalue weighted by Crippen LogP contribution is 1.96. The van der Waals surface area contributed by atoms with E-state index in [-0.39, 0.29) is 5.56 Å². The second-order valence-corrected chi connectivity index (χ2v) is 3.48. The fourth-order valence-electron chi connectivity index (χ4n) is 1.08. The molecule has 0 N–H and O–H groups in total. The maximum Gasteiger partial charge on any atom is 0.256 e. The third kappa shape index (κ3) is 2.34. The molecule has 0 spiro atoms. The Hall–Kier alpha value is -0.770. The van der Waals surface area contributed by atoms with Crippen molar-refractivity contribution in [3.63, 3.8) is 0 Å². The van der Waals surface area contributed by atoms with Crippen molar-refractivity contribution in [2.45, 2.75) is 26.8 Å². The fraction of sp³-hybridized carbons (Fsp3) is 0.556. The molecule has 0 aliphatic heterocycles. The van der Waals surface area contributed by atoms with Crippen LogP contribution in [0, 0.1) is 13.8 Å². The molecule has 1 aromatic heterocycles. The summed E-state index contributed by atoms with van der Waals surface area (Å²) in [4.78, 5) is 15.7. The van der Waals surface area contributed by atoms with E-state index >= 15 is 0 Å². The van der Waals surface area contributed by atoms with Crippen molar-refractivity contribution >= 4 is 12.6 Å². The zero-order chi connectivity index (χ0) is 9.84. The second-order valence-electron chi connectivity index (χ2n) is 3.03. The van der Waals surface area contributed by atoms with Gasteiger partial charge in [-0.25, -0.2) is 4.98 Å². The number of hydrogen-bond donors (Lipinski definition) is 1. The van der Waals surface area contributed by atoms with Gasteiger partial charge in [0, 0.05) is 17.8 Å². The monoisotopic (exact) mass is 198 g/mol. The molecule has 0 bridgehead atoms. The zero-order valence-corrected chi connectivity index (χ0v) is 8.84. The molecule has 0 amide bonds. The van der Waals surface area contributed by atoms with Crippen molar-refractivity contribution in [2.75, 3.05) is 5.75 Å². The standard InChI is InChI=1S/C9H14N2OS/c1-7-8(2)10-6-11(9(7)12)4-3-5-13/h6,13H,3-5H2,1-2H3. The first-order valence-electron chi connectivity index (χ1n) is 4.30. The number of aromatic nitrogens is 2. The van der Waals surface area contributed by atoms with Gasteiger partial charge in [-0.15, -0.1) is 0 Å². The molecule has 0 saturated carbocycles. The van der Waals surface area contributed by atoms with Crippen molar-refractivity contribution in [1.82, 2.24) is 9.55 Å². The van der Waals surface area contributed by atoms with Crippen LogP contribution in [0.2, 0.25) is 0 Å². The highest BCUT2D eigenvalue weighted by Gasteiger charge is 2.02. The first kappa shape index (κ1) is 10.3. The Balaban J connectivity index is 2.97. The summed E-state index contributed by atoms with van der Waals surface area (Å²) in [7, 11) is 0. The van der Waals surface area contributed by atoms with Crippen LogP contribution >= 0.6 is 12.6 Å². The normalized spacial score (nSPS) is 10.4. The van der Waals surface area contributed by atoms with E-state index in [1.807, 2.05) is 13.8 Å². The first-order valence-corrected chi connectivity index (χ1v) is 4.93. The molecule has 0 aliphatic rings. The van der Waals surface area contributed by atoms with Gasteiger partial charge in [-0.3, -0.25) is 9.36 Å². The molecule has 1 heterocycles. The van der Waals surface area contributed by atoms with Crippen LogP contribution in [0.25, 0.3) is 0 Å². The number of thiol groups is 1. The molecular weight excluding hydrogens is 184 g/mol. The van der Waals surface area contributed by atoms with Gasteiger partial charge in [0.15, 0.2) is 0 Å². The summed E-state index contributed by atoms with van der Waals surface area (Å²) in [5, 5.41) is 0. The average molecular weight is 198 g/mol. The Labute approximate surface area is 83.2 Å². The van der Waals surface area contributed by atoms with Gasteiger partial charge in [0.2, 0.25) is 0 Å². The van der Waals surface area contributed by atoms with Gasteiger partial charge in [-0.05, 0) is 26.0 Å². The Kier molecular flexibility index (Phi) is 3.54. The van der Waals surface area contributed by atoms with Crippen LogP contribution in [0.15, 0.2) is 11.1 Å². The number of hydrogen-bond acceptors (Lipinski definition) is 3. The van der Waals surface area contributed by atoms with Gasteiger partial charge < -0.3 is 0 Å². The molecule has 0 aromatic carbocycles. The van der Waals surface area contributed by atoms with Crippen LogP contribution in [0.3, 0.4) is 0 Å². The summed E-state index contributed by atoms with van der Waals surface area (Å²) < 4.78 is 1.64. The lowest BCUT2D eigenvalue weighted by Gasteiger charge is -2.05. The molecule has 0 atom stereocenters. The van der Waals surface area contributed by atoms with E-state index in [1.54, 1.807) is 10.9 Å². The minimum atomic E-state index is 0.0642. The van der Waals surface area contributed by atoms with E-state index < -0.39 is 0 Å². The van der Waals surface area contributed by atoms with Crippen molar-refractivity contribution in [1.29, 1.82) is 0 Å². The van der Waals surface area contributed by atoms with E-state index in [2.05, 4.69) is 17.6 Å². The fourth-order valence-corrected chi connectivity index (χ4v) is 1.22. The molecule has 0 radical (unpaired) electrons. The maximum absolute atomic E-state index is 11.6. The van der Waals surface area contributed by atoms with E-state index in [1.165, 1.54) is 0 Å². The third-order valence-electron chi connectivity index (χ3n) is 2.07. The molecule has 0 fully saturated rings. The average Bonchev–Trinajstić information content (AvgIpc) is 2.13. The summed E-state index contributed by atoms with van der Waals surface area (Å²) in [6.45, 7) is 4.36. The molecule has 4 heteroatoms. The van der Waals surface area contributed by atoms with Gasteiger partial charge in [-0.2, -0.15) is 12.6 Å². The van der Waals surface area contributed by atoms with Crippen LogP contribution in [0.4, 0.5) is 0 Å². The smallest absolute Gasteiger partial charge is 0.256 e. The summed E-state index contributed by atoms with van der Waals surface area (Å²) in [5.74, 6) is 0.791. The van der Waals surface area contributed by atoms with Gasteiger partial charge in [-0.1, -0.05) is 0 Å². The molecule has 0 aliphatic carbocycles. The van der Waals surface area contributed by atoms with Gasteiger partial charge >= 0.3 is 0 Å². The van der Waals surface area contributed by atoms with Crippen molar-refractivity contribution in [3.05, 3.63) is 27.9 Å². The molecule has 1 aromatic rings. The first-order chi connectivity index (χ1) is 6.16. The van der Waals surface area contributed by atoms with Crippen molar-refractivity contribution < 1.29 is 0 Å². The number of nitrogens with zero attached hydrogens (tertiary/aromatic N) is 2. The Morgan fingerprint density at radius 2 is 2.23 bits per heavy atom. The van der Waals surface area contributed by atoms with E-state index in [9.17, 15) is 4.79 Å². The summed E-state index contributed by atoms with van der Waals surface area (Å²) in [6, 6.07) is 0. The Morgan fingerprint density at radius 1 is 1.54 bits per heavy atom. The minimum Gasteiger partial charge on any atom is -0.299 e. The van der Waals surface area contributed by atoms with E-state index in [0.29, 0.717) is 6.54 Å². The second kappa shape index (κ2) is 4.46. The van der Waals surface area contributed by atoms with E-state index in [4.69, 9.17) is 0 Å². The third-order valence-corrected chi connectivity index (χ3v) is 2.39. The van der Waals surface area contributed by atoms with Crippen molar-refractivity contribution in [2.24, 2.45) is 0 Å². The summed E-state index contributed by atoms with van der Waals surface area (Å²) >= 11 is 4.10. The topological polar surface area (TPSA) is 34.9 Å². The molecule has 3 nitrogen and oxygen atoms in total. The molecule has 0 saturated heterocycles. The van der Waals surface area contributed by atoms with Crippen LogP contribution in [-0.4, -0.2) is 15.3 Å². The van der Waals surface area contributed by atoms with Crippen LogP contribution in [-0.2, 0) is 6.54 Å². The molecule has 13 heavy (non-hydrogen) atoms. The highest BCUT2D eigenvalue weighted by atomic mass is 32.1. The lowest BCUT2D eigenvalue weighted by molar-refractivity contribution is 0.637. The number of rotatable bonds is 3. The van der Waals surface area contributed by atoms with Gasteiger partial charge in [0.1, 0.15) is 0 Å². The van der Waals surface area contributed by atoms with Gasteiger partial charge in [0.05, 0.1) is 6.33 Å². The highest BCUT2D eigenvalue weighted by molar-refractivity contribution is 7.80. The van der Waals surface area contributed by atoms with Crippen LogP contribution < -0.4 is 5.56 Å². The maximum atomic E-state index is 11.6. The quantitative estimate of drug-likeness (QED) is 0.740. The van der Waals surface area contributed by atoms with Crippen molar-refractivity contribution in [3.8, 4) is 0 Å². The summed E-state index contributed by atoms with van der Waals surface area (Å²) in [5.41, 5.74) is 1.61. The zero-order valence-electron chi connectivity index (χ0n) is 7.95. The summed E-state index contributed by atoms with van der Waals surface area (Å²) in [6.07, 6.45) is 2.50. The lowest BCUT2D eigenvalue weighted by Crippen LogP contribution is -2.24. The lowest BCUT2D eigenvalue weighted by atomic mass is 10.3. The largest absolute Gasteiger partial charge is 0.299 e.